The van der Waals surface area contributed by atoms with Crippen LogP contribution in [0.15, 0.2) is 35.8 Å². The Morgan fingerprint density at radius 2 is 2.33 bits per heavy atom. The van der Waals surface area contributed by atoms with Crippen molar-refractivity contribution in [3.63, 3.8) is 0 Å². The molecule has 108 valence electrons. The predicted molar refractivity (Wildman–Crippen MR) is 77.3 cm³/mol. The molecule has 0 amide bonds. The number of carbonyl (C=O) groups is 1. The number of methoxy groups -OCH3 is 1. The number of nitrogens with zero attached hydrogens (tertiary/aromatic N) is 2. The lowest BCUT2D eigenvalue weighted by Gasteiger charge is -2.06. The van der Waals surface area contributed by atoms with Crippen LogP contribution in [-0.2, 0) is 11.3 Å². The first-order valence-corrected chi connectivity index (χ1v) is 7.01. The van der Waals surface area contributed by atoms with Crippen LogP contribution in [0, 0.1) is 0 Å². The summed E-state index contributed by atoms with van der Waals surface area (Å²) in [5, 5.41) is 11.1. The van der Waals surface area contributed by atoms with Crippen LogP contribution in [0.25, 0.3) is 4.96 Å². The van der Waals surface area contributed by atoms with Gasteiger partial charge in [0, 0.05) is 18.7 Å². The van der Waals surface area contributed by atoms with Gasteiger partial charge in [-0.05, 0) is 17.7 Å². The van der Waals surface area contributed by atoms with E-state index in [0.717, 1.165) is 5.56 Å². The molecule has 0 aliphatic heterocycles. The van der Waals surface area contributed by atoms with Gasteiger partial charge < -0.3 is 14.6 Å². The van der Waals surface area contributed by atoms with E-state index in [9.17, 15) is 9.90 Å². The second-order valence-corrected chi connectivity index (χ2v) is 5.18. The highest BCUT2D eigenvalue weighted by molar-refractivity contribution is 7.15. The molecule has 0 bridgehead atoms. The monoisotopic (exact) mass is 304 g/mol. The summed E-state index contributed by atoms with van der Waals surface area (Å²) in [6.45, 7) is 0.460. The summed E-state index contributed by atoms with van der Waals surface area (Å²) in [6.07, 6.45) is 1.66. The number of carboxylic acids is 1. The summed E-state index contributed by atoms with van der Waals surface area (Å²) in [6, 6.07) is 7.27. The molecule has 0 aliphatic rings. The maximum absolute atomic E-state index is 11.4. The van der Waals surface area contributed by atoms with Crippen molar-refractivity contribution < 1.29 is 19.4 Å². The van der Waals surface area contributed by atoms with Gasteiger partial charge in [-0.3, -0.25) is 4.40 Å². The van der Waals surface area contributed by atoms with E-state index in [2.05, 4.69) is 4.98 Å². The Bertz CT molecular complexity index is 793. The molecule has 0 radical (unpaired) electrons. The van der Waals surface area contributed by atoms with Gasteiger partial charge in [0.1, 0.15) is 5.75 Å². The van der Waals surface area contributed by atoms with Crippen LogP contribution >= 0.6 is 11.3 Å². The van der Waals surface area contributed by atoms with Gasteiger partial charge in [0.15, 0.2) is 10.7 Å². The van der Waals surface area contributed by atoms with Crippen LogP contribution in [0.1, 0.15) is 16.1 Å². The average molecular weight is 304 g/mol. The van der Waals surface area contributed by atoms with Gasteiger partial charge in [-0.15, -0.1) is 11.3 Å². The molecule has 0 atom stereocenters. The number of ether oxygens (including phenoxy) is 2. The Labute approximate surface area is 124 Å². The molecule has 1 N–H and O–H groups in total. The number of fused-ring (bicyclic) bond motifs is 1. The SMILES string of the molecule is COCc1cccc(Oc2nc3sccn3c2C(=O)O)c1. The number of carboxylic acid groups (broad SMARTS) is 1. The molecular formula is C14H12N2O4S. The van der Waals surface area contributed by atoms with Crippen LogP contribution in [0.4, 0.5) is 0 Å². The van der Waals surface area contributed by atoms with Crippen molar-refractivity contribution in [2.24, 2.45) is 0 Å². The Balaban J connectivity index is 1.97. The summed E-state index contributed by atoms with van der Waals surface area (Å²) in [5.41, 5.74) is 0.955. The van der Waals surface area contributed by atoms with E-state index < -0.39 is 5.97 Å². The molecule has 3 rings (SSSR count). The molecule has 0 spiro atoms. The number of aromatic nitrogens is 2. The molecule has 2 aromatic heterocycles. The van der Waals surface area contributed by atoms with Crippen LogP contribution in [0.2, 0.25) is 0 Å². The first kappa shape index (κ1) is 13.6. The van der Waals surface area contributed by atoms with Crippen LogP contribution in [0.5, 0.6) is 11.6 Å². The topological polar surface area (TPSA) is 73.1 Å². The molecule has 0 fully saturated rings. The zero-order valence-electron chi connectivity index (χ0n) is 11.1. The van der Waals surface area contributed by atoms with Crippen molar-refractivity contribution in [1.82, 2.24) is 9.38 Å². The Kier molecular flexibility index (Phi) is 3.59. The lowest BCUT2D eigenvalue weighted by atomic mass is 10.2. The summed E-state index contributed by atoms with van der Waals surface area (Å²) in [4.78, 5) is 16.2. The Morgan fingerprint density at radius 3 is 3.10 bits per heavy atom. The van der Waals surface area contributed by atoms with Crippen molar-refractivity contribution in [2.45, 2.75) is 6.61 Å². The Hall–Kier alpha value is -2.38. The highest BCUT2D eigenvalue weighted by Crippen LogP contribution is 2.28. The number of hydrogen-bond acceptors (Lipinski definition) is 5. The fourth-order valence-corrected chi connectivity index (χ4v) is 2.71. The van der Waals surface area contributed by atoms with Crippen molar-refractivity contribution in [2.75, 3.05) is 7.11 Å². The number of hydrogen-bond donors (Lipinski definition) is 1. The number of aromatic carboxylic acids is 1. The zero-order valence-corrected chi connectivity index (χ0v) is 12.0. The molecule has 6 nitrogen and oxygen atoms in total. The number of rotatable bonds is 5. The standard InChI is InChI=1S/C14H12N2O4S/c1-19-8-9-3-2-4-10(7-9)20-12-11(13(17)18)16-5-6-21-14(16)15-12/h2-7H,8H2,1H3,(H,17,18). The minimum atomic E-state index is -1.08. The van der Waals surface area contributed by atoms with Gasteiger partial charge in [0.2, 0.25) is 0 Å². The molecular weight excluding hydrogens is 292 g/mol. The summed E-state index contributed by atoms with van der Waals surface area (Å²) in [7, 11) is 1.61. The van der Waals surface area contributed by atoms with Gasteiger partial charge in [-0.1, -0.05) is 12.1 Å². The average Bonchev–Trinajstić information content (AvgIpc) is 2.99. The minimum Gasteiger partial charge on any atom is -0.476 e. The quantitative estimate of drug-likeness (QED) is 0.784. The third-order valence-corrected chi connectivity index (χ3v) is 3.61. The van der Waals surface area contributed by atoms with Crippen molar-refractivity contribution in [3.05, 3.63) is 47.1 Å². The summed E-state index contributed by atoms with van der Waals surface area (Å²) >= 11 is 1.35. The molecule has 0 aliphatic carbocycles. The minimum absolute atomic E-state index is 0.0170. The highest BCUT2D eigenvalue weighted by atomic mass is 32.1. The lowest BCUT2D eigenvalue weighted by Crippen LogP contribution is -2.02. The van der Waals surface area contributed by atoms with Crippen LogP contribution in [-0.4, -0.2) is 27.6 Å². The first-order chi connectivity index (χ1) is 10.2. The number of benzene rings is 1. The maximum Gasteiger partial charge on any atom is 0.358 e. The number of thiazole rings is 1. The summed E-state index contributed by atoms with van der Waals surface area (Å²) < 4.78 is 12.2. The van der Waals surface area contributed by atoms with E-state index in [0.29, 0.717) is 17.3 Å². The van der Waals surface area contributed by atoms with E-state index in [4.69, 9.17) is 9.47 Å². The van der Waals surface area contributed by atoms with Gasteiger partial charge in [0.25, 0.3) is 5.88 Å². The second kappa shape index (κ2) is 5.55. The fraction of sp³-hybridized carbons (Fsp3) is 0.143. The summed E-state index contributed by atoms with van der Waals surface area (Å²) in [5.74, 6) is -0.467. The van der Waals surface area contributed by atoms with E-state index >= 15 is 0 Å². The van der Waals surface area contributed by atoms with Gasteiger partial charge in [-0.25, -0.2) is 4.79 Å². The van der Waals surface area contributed by atoms with Crippen molar-refractivity contribution in [1.29, 1.82) is 0 Å². The molecule has 1 aromatic carbocycles. The smallest absolute Gasteiger partial charge is 0.358 e. The third-order valence-electron chi connectivity index (χ3n) is 2.86. The van der Waals surface area contributed by atoms with Gasteiger partial charge >= 0.3 is 5.97 Å². The molecule has 0 unspecified atom stereocenters. The van der Waals surface area contributed by atoms with E-state index in [1.165, 1.54) is 15.7 Å². The molecule has 3 aromatic rings. The predicted octanol–water partition coefficient (Wildman–Crippen LogP) is 3.03. The second-order valence-electron chi connectivity index (χ2n) is 4.31. The molecule has 0 saturated heterocycles. The molecule has 0 saturated carbocycles. The zero-order chi connectivity index (χ0) is 14.8. The van der Waals surface area contributed by atoms with E-state index in [1.807, 2.05) is 12.1 Å². The van der Waals surface area contributed by atoms with E-state index in [1.54, 1.807) is 30.8 Å². The van der Waals surface area contributed by atoms with Crippen molar-refractivity contribution >= 4 is 22.3 Å². The normalized spacial score (nSPS) is 10.9. The first-order valence-electron chi connectivity index (χ1n) is 6.13. The lowest BCUT2D eigenvalue weighted by molar-refractivity contribution is 0.0686. The van der Waals surface area contributed by atoms with Gasteiger partial charge in [0.05, 0.1) is 6.61 Å². The van der Waals surface area contributed by atoms with Crippen molar-refractivity contribution in [3.8, 4) is 11.6 Å². The fourth-order valence-electron chi connectivity index (χ4n) is 2.01. The molecule has 21 heavy (non-hydrogen) atoms. The Morgan fingerprint density at radius 1 is 1.48 bits per heavy atom. The molecule has 7 heteroatoms. The van der Waals surface area contributed by atoms with Gasteiger partial charge in [-0.2, -0.15) is 4.98 Å². The molecule has 2 heterocycles. The van der Waals surface area contributed by atoms with Crippen LogP contribution in [0.3, 0.4) is 0 Å². The largest absolute Gasteiger partial charge is 0.476 e. The van der Waals surface area contributed by atoms with E-state index in [-0.39, 0.29) is 11.6 Å². The third kappa shape index (κ3) is 2.61. The number of imidazole rings is 1. The highest BCUT2D eigenvalue weighted by Gasteiger charge is 2.21. The maximum atomic E-state index is 11.4. The van der Waals surface area contributed by atoms with Crippen LogP contribution < -0.4 is 4.74 Å².